The maximum Gasteiger partial charge on any atom is 0.326 e. The molecule has 0 spiro atoms. The summed E-state index contributed by atoms with van der Waals surface area (Å²) in [4.78, 5) is 54.5. The fraction of sp³-hybridized carbons (Fsp3) is 0.357. The number of benzene rings is 2. The Balaban J connectivity index is 1.80. The highest BCUT2D eigenvalue weighted by molar-refractivity contribution is 7.98. The summed E-state index contributed by atoms with van der Waals surface area (Å²) in [5.74, 6) is -2.25. The van der Waals surface area contributed by atoms with Crippen LogP contribution < -0.4 is 21.7 Å². The van der Waals surface area contributed by atoms with E-state index in [1.807, 2.05) is 60.9 Å². The van der Waals surface area contributed by atoms with Crippen LogP contribution in [0.4, 0.5) is 0 Å². The number of fused-ring (bicyclic) bond motifs is 1. The van der Waals surface area contributed by atoms with Crippen LogP contribution in [-0.4, -0.2) is 75.7 Å². The van der Waals surface area contributed by atoms with Gasteiger partial charge in [0.05, 0.1) is 6.04 Å². The molecule has 3 aromatic rings. The van der Waals surface area contributed by atoms with Crippen LogP contribution in [0, 0.1) is 0 Å². The normalized spacial score (nSPS) is 14.1. The molecule has 1 heterocycles. The molecule has 4 unspecified atom stereocenters. The smallest absolute Gasteiger partial charge is 0.326 e. The van der Waals surface area contributed by atoms with Gasteiger partial charge in [0.25, 0.3) is 0 Å². The summed E-state index contributed by atoms with van der Waals surface area (Å²) in [6, 6.07) is 12.4. The van der Waals surface area contributed by atoms with E-state index in [0.29, 0.717) is 12.2 Å². The van der Waals surface area contributed by atoms with E-state index in [9.17, 15) is 24.3 Å². The van der Waals surface area contributed by atoms with Crippen LogP contribution in [0.3, 0.4) is 0 Å². The highest BCUT2D eigenvalue weighted by Gasteiger charge is 2.30. The lowest BCUT2D eigenvalue weighted by atomic mass is 10.0. The Labute approximate surface area is 242 Å². The number of H-pyrrole nitrogens is 1. The minimum atomic E-state index is -1.23. The number of carboxylic acids is 1. The van der Waals surface area contributed by atoms with Gasteiger partial charge in [0.15, 0.2) is 0 Å². The quantitative estimate of drug-likeness (QED) is 0.133. The molecular formula is C28H35N5O5S2. The van der Waals surface area contributed by atoms with Gasteiger partial charge in [0.1, 0.15) is 18.1 Å². The minimum absolute atomic E-state index is 0.0467. The zero-order valence-electron chi connectivity index (χ0n) is 22.1. The van der Waals surface area contributed by atoms with Crippen molar-refractivity contribution in [3.05, 3.63) is 71.9 Å². The molecule has 12 heteroatoms. The fourth-order valence-electron chi connectivity index (χ4n) is 4.19. The van der Waals surface area contributed by atoms with E-state index in [1.54, 1.807) is 6.20 Å². The van der Waals surface area contributed by atoms with Crippen LogP contribution in [0.25, 0.3) is 10.9 Å². The van der Waals surface area contributed by atoms with Gasteiger partial charge in [-0.15, -0.1) is 0 Å². The highest BCUT2D eigenvalue weighted by atomic mass is 32.2. The van der Waals surface area contributed by atoms with Gasteiger partial charge in [0, 0.05) is 35.7 Å². The van der Waals surface area contributed by atoms with E-state index < -0.39 is 47.9 Å². The first-order valence-electron chi connectivity index (χ1n) is 12.8. The SMILES string of the molecule is CSCCC(NC(=O)C(N)CS)C(=O)NC(Cc1ccccc1)C(=O)NC(Cc1c[nH]c2ccccc12)C(=O)O. The second kappa shape index (κ2) is 15.3. The number of aromatic nitrogens is 1. The van der Waals surface area contributed by atoms with E-state index in [-0.39, 0.29) is 18.6 Å². The predicted molar refractivity (Wildman–Crippen MR) is 160 cm³/mol. The standard InChI is InChI=1S/C28H35N5O5S2/c1-40-12-11-22(31-25(34)20(29)16-39)26(35)32-23(13-17-7-3-2-4-8-17)27(36)33-24(28(37)38)14-18-15-30-21-10-6-5-9-19(18)21/h2-10,15,20,22-24,30,39H,11-14,16,29H2,1H3,(H,31,34)(H,32,35)(H,33,36)(H,37,38). The maximum absolute atomic E-state index is 13.5. The topological polar surface area (TPSA) is 166 Å². The summed E-state index contributed by atoms with van der Waals surface area (Å²) in [5, 5.41) is 18.8. The molecule has 0 aliphatic heterocycles. The lowest BCUT2D eigenvalue weighted by Crippen LogP contribution is -2.58. The first kappa shape index (κ1) is 31.1. The lowest BCUT2D eigenvalue weighted by Gasteiger charge is -2.25. The Bertz CT molecular complexity index is 1300. The lowest BCUT2D eigenvalue weighted by molar-refractivity contribution is -0.142. The third-order valence-electron chi connectivity index (χ3n) is 6.41. The van der Waals surface area contributed by atoms with E-state index >= 15 is 0 Å². The number of thiol groups is 1. The summed E-state index contributed by atoms with van der Waals surface area (Å²) in [5.41, 5.74) is 8.14. The van der Waals surface area contributed by atoms with Crippen molar-refractivity contribution in [3.8, 4) is 0 Å². The molecular weight excluding hydrogens is 550 g/mol. The molecule has 0 radical (unpaired) electrons. The molecule has 0 aliphatic carbocycles. The molecule has 7 N–H and O–H groups in total. The van der Waals surface area contributed by atoms with Crippen LogP contribution in [-0.2, 0) is 32.0 Å². The van der Waals surface area contributed by atoms with Gasteiger partial charge >= 0.3 is 5.97 Å². The van der Waals surface area contributed by atoms with Crippen molar-refractivity contribution < 1.29 is 24.3 Å². The van der Waals surface area contributed by atoms with Crippen LogP contribution in [0.1, 0.15) is 17.5 Å². The van der Waals surface area contributed by atoms with Crippen molar-refractivity contribution in [2.75, 3.05) is 17.8 Å². The second-order valence-electron chi connectivity index (χ2n) is 9.35. The molecule has 0 saturated heterocycles. The fourth-order valence-corrected chi connectivity index (χ4v) is 4.83. The number of rotatable bonds is 15. The number of aromatic amines is 1. The van der Waals surface area contributed by atoms with E-state index in [1.165, 1.54) is 11.8 Å². The van der Waals surface area contributed by atoms with Gasteiger partial charge in [0.2, 0.25) is 17.7 Å². The summed E-state index contributed by atoms with van der Waals surface area (Å²) in [6.07, 6.45) is 4.09. The number of amides is 3. The number of hydrogen-bond acceptors (Lipinski definition) is 7. The molecule has 0 aliphatic rings. The van der Waals surface area contributed by atoms with E-state index in [4.69, 9.17) is 5.73 Å². The van der Waals surface area contributed by atoms with Gasteiger partial charge < -0.3 is 31.8 Å². The van der Waals surface area contributed by atoms with Crippen LogP contribution in [0.15, 0.2) is 60.8 Å². The maximum atomic E-state index is 13.5. The summed E-state index contributed by atoms with van der Waals surface area (Å²) in [7, 11) is 0. The van der Waals surface area contributed by atoms with Crippen LogP contribution in [0.5, 0.6) is 0 Å². The van der Waals surface area contributed by atoms with Crippen molar-refractivity contribution in [1.82, 2.24) is 20.9 Å². The number of para-hydroxylation sites is 1. The first-order valence-corrected chi connectivity index (χ1v) is 14.8. The monoisotopic (exact) mass is 585 g/mol. The Kier molecular flexibility index (Phi) is 11.9. The molecule has 10 nitrogen and oxygen atoms in total. The molecule has 4 atom stereocenters. The van der Waals surface area contributed by atoms with Gasteiger partial charge in [-0.05, 0) is 35.6 Å². The second-order valence-corrected chi connectivity index (χ2v) is 10.7. The number of carboxylic acid groups (broad SMARTS) is 1. The van der Waals surface area contributed by atoms with Gasteiger partial charge in [-0.25, -0.2) is 4.79 Å². The summed E-state index contributed by atoms with van der Waals surface area (Å²) in [6.45, 7) is 0. The average molecular weight is 586 g/mol. The molecule has 1 aromatic heterocycles. The number of hydrogen-bond donors (Lipinski definition) is 7. The number of thioether (sulfide) groups is 1. The van der Waals surface area contributed by atoms with E-state index in [0.717, 1.165) is 22.0 Å². The molecule has 2 aromatic carbocycles. The highest BCUT2D eigenvalue weighted by Crippen LogP contribution is 2.19. The molecule has 0 fully saturated rings. The number of aliphatic carboxylic acids is 1. The summed E-state index contributed by atoms with van der Waals surface area (Å²) < 4.78 is 0. The Hall–Kier alpha value is -3.48. The number of nitrogens with one attached hydrogen (secondary N) is 4. The van der Waals surface area contributed by atoms with Crippen molar-refractivity contribution >= 4 is 59.0 Å². The molecule has 0 bridgehead atoms. The van der Waals surface area contributed by atoms with Gasteiger partial charge in [-0.2, -0.15) is 24.4 Å². The number of carbonyl (C=O) groups excluding carboxylic acids is 3. The predicted octanol–water partition coefficient (Wildman–Crippen LogP) is 1.50. The molecule has 3 amide bonds. The molecule has 214 valence electrons. The van der Waals surface area contributed by atoms with Crippen molar-refractivity contribution in [1.29, 1.82) is 0 Å². The zero-order valence-corrected chi connectivity index (χ0v) is 23.8. The van der Waals surface area contributed by atoms with Crippen LogP contribution >= 0.6 is 24.4 Å². The number of nitrogens with two attached hydrogens (primary N) is 1. The zero-order chi connectivity index (χ0) is 29.1. The van der Waals surface area contributed by atoms with E-state index in [2.05, 4.69) is 33.6 Å². The third-order valence-corrected chi connectivity index (χ3v) is 7.44. The Morgan fingerprint density at radius 2 is 1.52 bits per heavy atom. The van der Waals surface area contributed by atoms with Crippen LogP contribution in [0.2, 0.25) is 0 Å². The molecule has 40 heavy (non-hydrogen) atoms. The average Bonchev–Trinajstić information content (AvgIpc) is 3.36. The molecule has 3 rings (SSSR count). The number of carbonyl (C=O) groups is 4. The first-order chi connectivity index (χ1) is 19.2. The van der Waals surface area contributed by atoms with Gasteiger partial charge in [-0.3, -0.25) is 14.4 Å². The van der Waals surface area contributed by atoms with Crippen molar-refractivity contribution in [2.24, 2.45) is 5.73 Å². The van der Waals surface area contributed by atoms with Gasteiger partial charge in [-0.1, -0.05) is 48.5 Å². The minimum Gasteiger partial charge on any atom is -0.480 e. The third kappa shape index (κ3) is 8.77. The Morgan fingerprint density at radius 1 is 0.900 bits per heavy atom. The van der Waals surface area contributed by atoms with Crippen molar-refractivity contribution in [3.63, 3.8) is 0 Å². The van der Waals surface area contributed by atoms with Crippen molar-refractivity contribution in [2.45, 2.75) is 43.4 Å². The Morgan fingerprint density at radius 3 is 2.20 bits per heavy atom. The summed E-state index contributed by atoms with van der Waals surface area (Å²) >= 11 is 5.55. The molecule has 0 saturated carbocycles. The largest absolute Gasteiger partial charge is 0.480 e.